The van der Waals surface area contributed by atoms with E-state index < -0.39 is 0 Å². The highest BCUT2D eigenvalue weighted by molar-refractivity contribution is 7.16. The number of thiazole rings is 1. The third-order valence-electron chi connectivity index (χ3n) is 3.04. The molecule has 0 fully saturated rings. The van der Waals surface area contributed by atoms with Gasteiger partial charge in [0.15, 0.2) is 0 Å². The van der Waals surface area contributed by atoms with Crippen molar-refractivity contribution in [3.05, 3.63) is 53.6 Å². The summed E-state index contributed by atoms with van der Waals surface area (Å²) in [7, 11) is 1.62. The summed E-state index contributed by atoms with van der Waals surface area (Å²) in [5, 5.41) is 3.60. The molecule has 3 aromatic rings. The summed E-state index contributed by atoms with van der Waals surface area (Å²) in [5.41, 5.74) is 0.955. The number of benzene rings is 1. The normalized spacial score (nSPS) is 10.4. The van der Waals surface area contributed by atoms with Crippen LogP contribution in [0.1, 0.15) is 15.5 Å². The van der Waals surface area contributed by atoms with Gasteiger partial charge in [-0.3, -0.25) is 4.79 Å². The highest BCUT2D eigenvalue weighted by atomic mass is 32.1. The van der Waals surface area contributed by atoms with E-state index in [4.69, 9.17) is 4.74 Å². The zero-order valence-electron chi connectivity index (χ0n) is 11.9. The van der Waals surface area contributed by atoms with Gasteiger partial charge in [0.25, 0.3) is 5.91 Å². The number of imidazole rings is 1. The van der Waals surface area contributed by atoms with E-state index in [1.165, 1.54) is 11.3 Å². The molecule has 0 spiro atoms. The van der Waals surface area contributed by atoms with Gasteiger partial charge in [0, 0.05) is 18.0 Å². The number of aromatic nitrogens is 3. The van der Waals surface area contributed by atoms with E-state index >= 15 is 0 Å². The summed E-state index contributed by atoms with van der Waals surface area (Å²) in [6.45, 7) is 0.363. The predicted molar refractivity (Wildman–Crippen MR) is 83.9 cm³/mol. The summed E-state index contributed by atoms with van der Waals surface area (Å²) in [6.07, 6.45) is 4.95. The Morgan fingerprint density at radius 1 is 1.32 bits per heavy atom. The fourth-order valence-corrected chi connectivity index (χ4v) is 2.73. The van der Waals surface area contributed by atoms with E-state index in [-0.39, 0.29) is 5.91 Å². The quantitative estimate of drug-likeness (QED) is 0.758. The van der Waals surface area contributed by atoms with E-state index in [0.29, 0.717) is 17.2 Å². The molecule has 0 radical (unpaired) electrons. The zero-order chi connectivity index (χ0) is 15.4. The monoisotopic (exact) mass is 314 g/mol. The molecule has 0 bridgehead atoms. The third-order valence-corrected chi connectivity index (χ3v) is 4.08. The first-order valence-electron chi connectivity index (χ1n) is 6.63. The summed E-state index contributed by atoms with van der Waals surface area (Å²) in [4.78, 5) is 23.9. The van der Waals surface area contributed by atoms with Crippen LogP contribution in [0.3, 0.4) is 0 Å². The number of nitrogens with zero attached hydrogens (tertiary/aromatic N) is 2. The van der Waals surface area contributed by atoms with Crippen molar-refractivity contribution in [2.75, 3.05) is 7.11 Å². The van der Waals surface area contributed by atoms with E-state index in [0.717, 1.165) is 16.3 Å². The number of H-pyrrole nitrogens is 1. The van der Waals surface area contributed by atoms with Crippen LogP contribution >= 0.6 is 11.3 Å². The molecule has 3 rings (SSSR count). The average Bonchev–Trinajstić information content (AvgIpc) is 3.24. The van der Waals surface area contributed by atoms with Gasteiger partial charge < -0.3 is 15.0 Å². The Hall–Kier alpha value is -2.67. The number of aromatic amines is 1. The molecule has 0 aliphatic rings. The largest absolute Gasteiger partial charge is 0.497 e. The van der Waals surface area contributed by atoms with Gasteiger partial charge in [0.05, 0.1) is 19.9 Å². The summed E-state index contributed by atoms with van der Waals surface area (Å²) >= 11 is 1.35. The number of hydrogen-bond acceptors (Lipinski definition) is 5. The minimum atomic E-state index is -0.159. The third kappa shape index (κ3) is 3.15. The Kier molecular flexibility index (Phi) is 4.15. The van der Waals surface area contributed by atoms with Crippen LogP contribution in [0.25, 0.3) is 10.6 Å². The van der Waals surface area contributed by atoms with E-state index in [1.807, 2.05) is 24.3 Å². The van der Waals surface area contributed by atoms with Crippen LogP contribution in [0.15, 0.2) is 42.9 Å². The number of nitrogens with one attached hydrogen (secondary N) is 2. The molecule has 22 heavy (non-hydrogen) atoms. The fourth-order valence-electron chi connectivity index (χ4n) is 1.89. The van der Waals surface area contributed by atoms with Gasteiger partial charge in [-0.2, -0.15) is 0 Å². The minimum absolute atomic E-state index is 0.159. The Bertz CT molecular complexity index is 750. The lowest BCUT2D eigenvalue weighted by molar-refractivity contribution is 0.0954. The van der Waals surface area contributed by atoms with Crippen molar-refractivity contribution in [3.63, 3.8) is 0 Å². The maximum atomic E-state index is 12.1. The molecule has 7 heteroatoms. The first-order chi connectivity index (χ1) is 10.8. The standard InChI is InChI=1S/C15H14N4O2S/c1-21-11-4-2-10(3-5-11)15-19-8-12(22-15)14(20)18-9-13-16-6-7-17-13/h2-8H,9H2,1H3,(H,16,17)(H,18,20). The molecule has 2 N–H and O–H groups in total. The van der Waals surface area contributed by atoms with Gasteiger partial charge >= 0.3 is 0 Å². The number of carbonyl (C=O) groups is 1. The molecule has 112 valence electrons. The van der Waals surface area contributed by atoms with Gasteiger partial charge in [0.2, 0.25) is 0 Å². The highest BCUT2D eigenvalue weighted by Crippen LogP contribution is 2.26. The molecule has 0 aliphatic carbocycles. The molecule has 2 aromatic heterocycles. The number of ether oxygens (including phenoxy) is 1. The molecular formula is C15H14N4O2S. The summed E-state index contributed by atoms with van der Waals surface area (Å²) in [6, 6.07) is 7.57. The van der Waals surface area contributed by atoms with Gasteiger partial charge in [-0.05, 0) is 24.3 Å². The summed E-state index contributed by atoms with van der Waals surface area (Å²) in [5.74, 6) is 1.35. The lowest BCUT2D eigenvalue weighted by atomic mass is 10.2. The molecule has 6 nitrogen and oxygen atoms in total. The number of hydrogen-bond donors (Lipinski definition) is 2. The molecule has 0 saturated carbocycles. The van der Waals surface area contributed by atoms with Crippen molar-refractivity contribution in [3.8, 4) is 16.3 Å². The highest BCUT2D eigenvalue weighted by Gasteiger charge is 2.12. The van der Waals surface area contributed by atoms with Crippen LogP contribution in [0.4, 0.5) is 0 Å². The van der Waals surface area contributed by atoms with Crippen molar-refractivity contribution >= 4 is 17.2 Å². The lowest BCUT2D eigenvalue weighted by Gasteiger charge is -2.01. The van der Waals surface area contributed by atoms with E-state index in [9.17, 15) is 4.79 Å². The lowest BCUT2D eigenvalue weighted by Crippen LogP contribution is -2.22. The van der Waals surface area contributed by atoms with Crippen LogP contribution < -0.4 is 10.1 Å². The predicted octanol–water partition coefficient (Wildman–Crippen LogP) is 2.47. The Balaban J connectivity index is 1.68. The minimum Gasteiger partial charge on any atom is -0.497 e. The maximum Gasteiger partial charge on any atom is 0.263 e. The van der Waals surface area contributed by atoms with Gasteiger partial charge in [-0.1, -0.05) is 0 Å². The van der Waals surface area contributed by atoms with Crippen LogP contribution in [-0.4, -0.2) is 28.0 Å². The van der Waals surface area contributed by atoms with Gasteiger partial charge in [0.1, 0.15) is 21.5 Å². The Morgan fingerprint density at radius 2 is 2.14 bits per heavy atom. The summed E-state index contributed by atoms with van der Waals surface area (Å²) < 4.78 is 5.13. The average molecular weight is 314 g/mol. The topological polar surface area (TPSA) is 79.9 Å². The van der Waals surface area contributed by atoms with E-state index in [1.54, 1.807) is 25.7 Å². The maximum absolute atomic E-state index is 12.1. The Labute approximate surface area is 131 Å². The SMILES string of the molecule is COc1ccc(-c2ncc(C(=O)NCc3ncc[nH]3)s2)cc1. The molecule has 1 aromatic carbocycles. The fraction of sp³-hybridized carbons (Fsp3) is 0.133. The second-order valence-electron chi connectivity index (χ2n) is 4.48. The second kappa shape index (κ2) is 6.40. The van der Waals surface area contributed by atoms with Gasteiger partial charge in [-0.15, -0.1) is 11.3 Å². The smallest absolute Gasteiger partial charge is 0.263 e. The van der Waals surface area contributed by atoms with Crippen molar-refractivity contribution in [2.45, 2.75) is 6.54 Å². The molecule has 0 unspecified atom stereocenters. The van der Waals surface area contributed by atoms with Gasteiger partial charge in [-0.25, -0.2) is 9.97 Å². The first kappa shape index (κ1) is 14.3. The van der Waals surface area contributed by atoms with Crippen LogP contribution in [0.5, 0.6) is 5.75 Å². The second-order valence-corrected chi connectivity index (χ2v) is 5.51. The molecule has 1 amide bonds. The number of rotatable bonds is 5. The van der Waals surface area contributed by atoms with Crippen molar-refractivity contribution in [2.24, 2.45) is 0 Å². The first-order valence-corrected chi connectivity index (χ1v) is 7.44. The molecule has 0 atom stereocenters. The number of methoxy groups -OCH3 is 1. The van der Waals surface area contributed by atoms with Crippen molar-refractivity contribution in [1.82, 2.24) is 20.3 Å². The van der Waals surface area contributed by atoms with Crippen LogP contribution in [0.2, 0.25) is 0 Å². The number of carbonyl (C=O) groups excluding carboxylic acids is 1. The molecule has 2 heterocycles. The number of amides is 1. The molecule has 0 aliphatic heterocycles. The van der Waals surface area contributed by atoms with Crippen LogP contribution in [0, 0.1) is 0 Å². The zero-order valence-corrected chi connectivity index (χ0v) is 12.7. The van der Waals surface area contributed by atoms with Crippen molar-refractivity contribution in [1.29, 1.82) is 0 Å². The Morgan fingerprint density at radius 3 is 2.82 bits per heavy atom. The van der Waals surface area contributed by atoms with Crippen LogP contribution in [-0.2, 0) is 6.54 Å². The van der Waals surface area contributed by atoms with Crippen molar-refractivity contribution < 1.29 is 9.53 Å². The molecule has 0 saturated heterocycles. The van der Waals surface area contributed by atoms with E-state index in [2.05, 4.69) is 20.3 Å². The molecular weight excluding hydrogens is 300 g/mol.